The summed E-state index contributed by atoms with van der Waals surface area (Å²) in [5, 5.41) is 3.58. The smallest absolute Gasteiger partial charge is 0.173 e. The zero-order valence-corrected chi connectivity index (χ0v) is 32.1. The van der Waals surface area contributed by atoms with Crippen molar-refractivity contribution in [3.63, 3.8) is 0 Å². The van der Waals surface area contributed by atoms with E-state index in [1.54, 1.807) is 24.3 Å². The van der Waals surface area contributed by atoms with Gasteiger partial charge in [-0.1, -0.05) is 116 Å². The first-order chi connectivity index (χ1) is 20.8. The third kappa shape index (κ3) is 21.9. The summed E-state index contributed by atoms with van der Waals surface area (Å²) in [6, 6.07) is 27.9. The summed E-state index contributed by atoms with van der Waals surface area (Å²) in [6.07, 6.45) is 5.41. The molecule has 0 atom stereocenters. The zero-order valence-electron chi connectivity index (χ0n) is 25.6. The van der Waals surface area contributed by atoms with E-state index in [1.165, 1.54) is 38.3 Å². The summed E-state index contributed by atoms with van der Waals surface area (Å²) in [7, 11) is 0. The maximum absolute atomic E-state index is 11.1. The molecule has 0 aliphatic rings. The molecular weight excluding hydrogens is 777 g/mol. The summed E-state index contributed by atoms with van der Waals surface area (Å²) in [5.41, 5.74) is 9.31. The number of benzene rings is 3. The Kier molecular flexibility index (Phi) is 26.8. The second-order valence-electron chi connectivity index (χ2n) is 9.28. The second-order valence-corrected chi connectivity index (χ2v) is 19.9. The first-order valence-electron chi connectivity index (χ1n) is 14.6. The molecule has 43 heavy (non-hydrogen) atoms. The summed E-state index contributed by atoms with van der Waals surface area (Å²) >= 11 is 4.90. The van der Waals surface area contributed by atoms with Crippen LogP contribution in [0.2, 0.25) is 8.87 Å². The summed E-state index contributed by atoms with van der Waals surface area (Å²) < 4.78 is 10.9. The molecule has 0 amide bonds. The van der Waals surface area contributed by atoms with Gasteiger partial charge in [-0.2, -0.15) is 0 Å². The Morgan fingerprint density at radius 3 is 1.60 bits per heavy atom. The topological polar surface area (TPSA) is 92.1 Å². The molecule has 0 saturated heterocycles. The van der Waals surface area contributed by atoms with Crippen molar-refractivity contribution < 1.29 is 14.3 Å². The fraction of sp³-hybridized carbons (Fsp3) is 0.353. The van der Waals surface area contributed by atoms with E-state index in [4.69, 9.17) is 10.3 Å². The van der Waals surface area contributed by atoms with E-state index in [0.717, 1.165) is 16.6 Å². The standard InChI is InChI=1S/C8H7BrO.C8H7N3O.C6H5Br.C4H7O.2C4H9.Sn.H/c9-6-8(10)7-4-2-1-3-5-7;9-11-10-6-8(12)7-4-2-1-3-5-7;7-6-4-2-1-3-5-6;1-3-5-4-2;2*1-3-4-2;;/h1-5H,6H2;1-5H,6H2;1-5H;1,4H2,2H3;2*1,3-4H2,2H3;;. The molecule has 0 aliphatic heterocycles. The number of carbonyl (C=O) groups excluding carboxylic acids is 2. The van der Waals surface area contributed by atoms with Crippen molar-refractivity contribution >= 4 is 63.2 Å². The average molecular weight is 822 g/mol. The van der Waals surface area contributed by atoms with Crippen LogP contribution in [-0.2, 0) is 4.74 Å². The number of nitrogens with zero attached hydrogens (tertiary/aromatic N) is 3. The minimum Gasteiger partial charge on any atom is -0.294 e. The molecule has 3 aromatic rings. The molecule has 3 aromatic carbocycles. The van der Waals surface area contributed by atoms with E-state index < -0.39 is 19.8 Å². The predicted molar refractivity (Wildman–Crippen MR) is 191 cm³/mol. The average Bonchev–Trinajstić information content (AvgIpc) is 3.05. The Labute approximate surface area is 281 Å². The first kappa shape index (κ1) is 40.6. The molecule has 0 heterocycles. The molecule has 0 spiro atoms. The van der Waals surface area contributed by atoms with E-state index in [-0.39, 0.29) is 18.1 Å². The van der Waals surface area contributed by atoms with Crippen molar-refractivity contribution in [3.8, 4) is 0 Å². The van der Waals surface area contributed by atoms with Gasteiger partial charge in [-0.05, 0) is 17.7 Å². The quantitative estimate of drug-likeness (QED) is 0.0308. The van der Waals surface area contributed by atoms with Crippen LogP contribution in [0.4, 0.5) is 0 Å². The number of ketones is 2. The van der Waals surface area contributed by atoms with Crippen LogP contribution in [0.5, 0.6) is 0 Å². The van der Waals surface area contributed by atoms with Gasteiger partial charge in [0, 0.05) is 20.5 Å². The number of hydrogen-bond donors (Lipinski definition) is 0. The van der Waals surface area contributed by atoms with Crippen LogP contribution in [0, 0.1) is 0 Å². The van der Waals surface area contributed by atoms with Crippen LogP contribution in [0.25, 0.3) is 10.4 Å². The van der Waals surface area contributed by atoms with Gasteiger partial charge in [-0.3, -0.25) is 9.59 Å². The van der Waals surface area contributed by atoms with Crippen molar-refractivity contribution in [1.29, 1.82) is 0 Å². The normalized spacial score (nSPS) is 9.44. The molecule has 0 N–H and O–H groups in total. The Morgan fingerprint density at radius 1 is 0.814 bits per heavy atom. The van der Waals surface area contributed by atoms with Gasteiger partial charge in [0.2, 0.25) is 0 Å². The number of azide groups is 1. The molecule has 0 radical (unpaired) electrons. The van der Waals surface area contributed by atoms with Crippen molar-refractivity contribution in [1.82, 2.24) is 0 Å². The number of Topliss-reactive ketones (excluding diaryl/α,β-unsaturated/α-hetero) is 2. The summed E-state index contributed by atoms with van der Waals surface area (Å²) in [5.74, 6) is -0.0333. The van der Waals surface area contributed by atoms with E-state index in [2.05, 4.69) is 69.2 Å². The summed E-state index contributed by atoms with van der Waals surface area (Å²) in [6.45, 7) is 11.4. The van der Waals surface area contributed by atoms with E-state index in [0.29, 0.717) is 10.9 Å². The number of alkyl halides is 1. The largest absolute Gasteiger partial charge is 0.294 e. The molecule has 232 valence electrons. The third-order valence-electron chi connectivity index (χ3n) is 5.92. The van der Waals surface area contributed by atoms with E-state index >= 15 is 0 Å². The Bertz CT molecular complexity index is 1190. The van der Waals surface area contributed by atoms with Gasteiger partial charge in [0.15, 0.2) is 11.6 Å². The minimum absolute atomic E-state index is 0.111. The number of rotatable bonds is 14. The number of unbranched alkanes of at least 4 members (excludes halogenated alkanes) is 2. The second kappa shape index (κ2) is 28.4. The van der Waals surface area contributed by atoms with Gasteiger partial charge >= 0.3 is 96.8 Å². The van der Waals surface area contributed by atoms with Gasteiger partial charge in [-0.15, -0.1) is 0 Å². The molecule has 0 saturated carbocycles. The van der Waals surface area contributed by atoms with Crippen LogP contribution >= 0.6 is 31.9 Å². The zero-order chi connectivity index (χ0) is 32.1. The minimum atomic E-state index is -1.51. The first-order valence-corrected chi connectivity index (χ1v) is 22.8. The van der Waals surface area contributed by atoms with Crippen molar-refractivity contribution in [3.05, 3.63) is 127 Å². The Morgan fingerprint density at radius 2 is 1.26 bits per heavy atom. The van der Waals surface area contributed by atoms with Crippen molar-refractivity contribution in [2.45, 2.75) is 55.3 Å². The molecule has 0 aliphatic carbocycles. The van der Waals surface area contributed by atoms with Crippen molar-refractivity contribution in [2.75, 3.05) is 18.5 Å². The fourth-order valence-electron chi connectivity index (χ4n) is 3.60. The van der Waals surface area contributed by atoms with Crippen molar-refractivity contribution in [2.24, 2.45) is 5.11 Å². The van der Waals surface area contributed by atoms with Crippen LogP contribution in [0.15, 0.2) is 111 Å². The van der Waals surface area contributed by atoms with Gasteiger partial charge in [0.25, 0.3) is 0 Å². The molecule has 9 heteroatoms. The number of halogens is 2. The Hall–Kier alpha value is -2.39. The maximum atomic E-state index is 11.1. The predicted octanol–water partition coefficient (Wildman–Crippen LogP) is 10.8. The Balaban J connectivity index is 0.000000560. The third-order valence-corrected chi connectivity index (χ3v) is 16.3. The van der Waals surface area contributed by atoms with Crippen LogP contribution in [0.3, 0.4) is 0 Å². The van der Waals surface area contributed by atoms with Gasteiger partial charge < -0.3 is 0 Å². The van der Waals surface area contributed by atoms with Crippen LogP contribution in [-0.4, -0.2) is 49.8 Å². The number of hydrogen-bond acceptors (Lipinski definition) is 4. The van der Waals surface area contributed by atoms with E-state index in [9.17, 15) is 9.59 Å². The molecule has 0 unspecified atom stereocenters. The van der Waals surface area contributed by atoms with Gasteiger partial charge in [-0.25, -0.2) is 0 Å². The monoisotopic (exact) mass is 821 g/mol. The van der Waals surface area contributed by atoms with Gasteiger partial charge in [0.05, 0.1) is 11.9 Å². The van der Waals surface area contributed by atoms with E-state index in [1.807, 2.05) is 66.7 Å². The maximum Gasteiger partial charge on any atom is 0.173 e. The van der Waals surface area contributed by atoms with Gasteiger partial charge in [0.1, 0.15) is 0 Å². The fourth-order valence-corrected chi connectivity index (χ4v) is 13.2. The molecular formula is C34H45Br2N3O3Sn. The number of carbonyl (C=O) groups is 2. The molecule has 6 nitrogen and oxygen atoms in total. The summed E-state index contributed by atoms with van der Waals surface area (Å²) in [4.78, 5) is 24.6. The molecule has 0 bridgehead atoms. The van der Waals surface area contributed by atoms with Crippen LogP contribution < -0.4 is 0 Å². The SMILES string of the molecule is Brc1ccccc1.C=[C](OCC)[SnH]([CH2]CCC)[CH2]CCC.O=C(CBr)c1ccccc1.[N-]=[N+]=NCC(=O)c1ccccc1. The molecule has 0 aromatic heterocycles. The molecule has 3 rings (SSSR count). The number of ether oxygens (including phenoxy) is 1. The molecule has 0 fully saturated rings. The van der Waals surface area contributed by atoms with Crippen LogP contribution in [0.1, 0.15) is 67.2 Å².